The van der Waals surface area contributed by atoms with Crippen LogP contribution in [-0.2, 0) is 0 Å². The maximum absolute atomic E-state index is 12.3. The van der Waals surface area contributed by atoms with Gasteiger partial charge in [0.15, 0.2) is 5.13 Å². The van der Waals surface area contributed by atoms with Gasteiger partial charge in [-0.1, -0.05) is 0 Å². The van der Waals surface area contributed by atoms with Crippen LogP contribution in [0.5, 0.6) is 0 Å². The van der Waals surface area contributed by atoms with Crippen molar-refractivity contribution in [2.45, 2.75) is 13.0 Å². The summed E-state index contributed by atoms with van der Waals surface area (Å²) in [6, 6.07) is 3.31. The normalized spacial score (nSPS) is 15.6. The molecule has 0 saturated carbocycles. The average Bonchev–Trinajstić information content (AvgIpc) is 3.03. The summed E-state index contributed by atoms with van der Waals surface area (Å²) in [5.41, 5.74) is 1.32. The number of hydrogen-bond acceptors (Lipinski definition) is 6. The Kier molecular flexibility index (Phi) is 3.07. The molecule has 0 bridgehead atoms. The zero-order valence-corrected chi connectivity index (χ0v) is 11.8. The molecule has 3 heterocycles. The Labute approximate surface area is 119 Å². The van der Waals surface area contributed by atoms with E-state index in [0.29, 0.717) is 10.7 Å². The maximum Gasteiger partial charge on any atom is 0.286 e. The van der Waals surface area contributed by atoms with Crippen LogP contribution in [0.25, 0.3) is 0 Å². The minimum atomic E-state index is -0.413. The molecule has 1 N–H and O–H groups in total. The molecule has 0 fully saturated rings. The minimum Gasteiger partial charge on any atom is -0.312 e. The molecule has 2 amide bonds. The van der Waals surface area contributed by atoms with Gasteiger partial charge in [0.05, 0.1) is 11.3 Å². The third-order valence-corrected chi connectivity index (χ3v) is 4.07. The number of carbonyl (C=O) groups excluding carboxylic acids is 2. The van der Waals surface area contributed by atoms with Crippen LogP contribution in [0.3, 0.4) is 0 Å². The van der Waals surface area contributed by atoms with Crippen LogP contribution in [-0.4, -0.2) is 28.8 Å². The quantitative estimate of drug-likeness (QED) is 0.869. The lowest BCUT2D eigenvalue weighted by Gasteiger charge is -2.09. The zero-order chi connectivity index (χ0) is 14.3. The lowest BCUT2D eigenvalue weighted by Crippen LogP contribution is -2.29. The summed E-state index contributed by atoms with van der Waals surface area (Å²) in [5.74, 6) is -0.778. The first-order chi connectivity index (χ1) is 9.63. The summed E-state index contributed by atoms with van der Waals surface area (Å²) in [6.07, 6.45) is 1.50. The van der Waals surface area contributed by atoms with Gasteiger partial charge in [-0.05, 0) is 26.1 Å². The van der Waals surface area contributed by atoms with Gasteiger partial charge in [0.25, 0.3) is 11.8 Å². The highest BCUT2D eigenvalue weighted by Crippen LogP contribution is 2.30. The summed E-state index contributed by atoms with van der Waals surface area (Å²) < 4.78 is 0. The Balaban J connectivity index is 1.99. The highest BCUT2D eigenvalue weighted by molar-refractivity contribution is 7.14. The summed E-state index contributed by atoms with van der Waals surface area (Å²) in [5, 5.41) is 5.29. The molecule has 1 unspecified atom stereocenters. The number of amides is 2. The van der Waals surface area contributed by atoms with Gasteiger partial charge in [0, 0.05) is 17.6 Å². The molecule has 3 rings (SSSR count). The predicted octanol–water partition coefficient (Wildman–Crippen LogP) is 1.62. The molecule has 0 spiro atoms. The summed E-state index contributed by atoms with van der Waals surface area (Å²) in [6.45, 7) is 1.96. The lowest BCUT2D eigenvalue weighted by molar-refractivity contribution is 0.0924. The Morgan fingerprint density at radius 1 is 1.35 bits per heavy atom. The van der Waals surface area contributed by atoms with Crippen LogP contribution in [0.1, 0.15) is 39.5 Å². The second kappa shape index (κ2) is 4.77. The fourth-order valence-corrected chi connectivity index (χ4v) is 2.88. The number of anilines is 1. The van der Waals surface area contributed by atoms with Crippen LogP contribution in [0.2, 0.25) is 0 Å². The standard InChI is InChI=1S/C13H12N4O2S/c1-7(14-2)9-6-20-13(16-9)17-11(18)8-4-3-5-15-10(8)12(17)19/h3-7,14H,1-2H3. The van der Waals surface area contributed by atoms with Crippen molar-refractivity contribution in [1.82, 2.24) is 15.3 Å². The Morgan fingerprint density at radius 3 is 2.85 bits per heavy atom. The second-order valence-corrected chi connectivity index (χ2v) is 5.25. The molecule has 2 aromatic rings. The topological polar surface area (TPSA) is 75.2 Å². The molecule has 1 atom stereocenters. The van der Waals surface area contributed by atoms with E-state index in [4.69, 9.17) is 0 Å². The van der Waals surface area contributed by atoms with E-state index in [1.54, 1.807) is 12.1 Å². The van der Waals surface area contributed by atoms with Crippen molar-refractivity contribution in [3.63, 3.8) is 0 Å². The third kappa shape index (κ3) is 1.83. The number of fused-ring (bicyclic) bond motifs is 1. The van der Waals surface area contributed by atoms with Gasteiger partial charge in [-0.15, -0.1) is 11.3 Å². The number of thiazole rings is 1. The first kappa shape index (κ1) is 12.9. The van der Waals surface area contributed by atoms with Gasteiger partial charge in [0.2, 0.25) is 0 Å². The van der Waals surface area contributed by atoms with Crippen LogP contribution in [0.4, 0.5) is 5.13 Å². The van der Waals surface area contributed by atoms with Crippen molar-refractivity contribution in [2.24, 2.45) is 0 Å². The van der Waals surface area contributed by atoms with E-state index in [1.807, 2.05) is 19.4 Å². The van der Waals surface area contributed by atoms with Gasteiger partial charge < -0.3 is 5.32 Å². The number of nitrogens with zero attached hydrogens (tertiary/aromatic N) is 3. The molecular weight excluding hydrogens is 276 g/mol. The number of imide groups is 1. The van der Waals surface area contributed by atoms with E-state index in [1.165, 1.54) is 17.5 Å². The second-order valence-electron chi connectivity index (χ2n) is 4.41. The zero-order valence-electron chi connectivity index (χ0n) is 11.0. The third-order valence-electron chi connectivity index (χ3n) is 3.22. The Bertz CT molecular complexity index is 662. The summed E-state index contributed by atoms with van der Waals surface area (Å²) in [4.78, 5) is 34.0. The van der Waals surface area contributed by atoms with Crippen molar-refractivity contribution in [1.29, 1.82) is 0 Å². The van der Waals surface area contributed by atoms with Gasteiger partial charge in [-0.25, -0.2) is 9.88 Å². The molecule has 6 nitrogen and oxygen atoms in total. The van der Waals surface area contributed by atoms with E-state index in [9.17, 15) is 9.59 Å². The monoisotopic (exact) mass is 288 g/mol. The van der Waals surface area contributed by atoms with Gasteiger partial charge in [-0.3, -0.25) is 14.6 Å². The maximum atomic E-state index is 12.3. The fourth-order valence-electron chi connectivity index (χ4n) is 1.97. The predicted molar refractivity (Wildman–Crippen MR) is 75.0 cm³/mol. The summed E-state index contributed by atoms with van der Waals surface area (Å²) in [7, 11) is 1.83. The number of carbonyl (C=O) groups is 2. The molecule has 0 radical (unpaired) electrons. The molecule has 102 valence electrons. The Morgan fingerprint density at radius 2 is 2.15 bits per heavy atom. The Hall–Kier alpha value is -2.12. The van der Waals surface area contributed by atoms with E-state index in [-0.39, 0.29) is 17.6 Å². The van der Waals surface area contributed by atoms with Crippen molar-refractivity contribution in [3.8, 4) is 0 Å². The number of aromatic nitrogens is 2. The highest BCUT2D eigenvalue weighted by Gasteiger charge is 2.39. The largest absolute Gasteiger partial charge is 0.312 e. The SMILES string of the molecule is CNC(C)c1csc(N2C(=O)c3cccnc3C2=O)n1. The highest BCUT2D eigenvalue weighted by atomic mass is 32.1. The van der Waals surface area contributed by atoms with Crippen molar-refractivity contribution >= 4 is 28.3 Å². The molecule has 1 aliphatic rings. The van der Waals surface area contributed by atoms with E-state index < -0.39 is 5.91 Å². The van der Waals surface area contributed by atoms with Crippen molar-refractivity contribution < 1.29 is 9.59 Å². The molecule has 0 aliphatic carbocycles. The van der Waals surface area contributed by atoms with E-state index in [0.717, 1.165) is 10.6 Å². The van der Waals surface area contributed by atoms with Crippen LogP contribution < -0.4 is 10.2 Å². The molecule has 20 heavy (non-hydrogen) atoms. The average molecular weight is 288 g/mol. The van der Waals surface area contributed by atoms with Crippen LogP contribution >= 0.6 is 11.3 Å². The smallest absolute Gasteiger partial charge is 0.286 e. The van der Waals surface area contributed by atoms with Crippen LogP contribution in [0, 0.1) is 0 Å². The van der Waals surface area contributed by atoms with Crippen LogP contribution in [0.15, 0.2) is 23.7 Å². The number of hydrogen-bond donors (Lipinski definition) is 1. The van der Waals surface area contributed by atoms with E-state index >= 15 is 0 Å². The summed E-state index contributed by atoms with van der Waals surface area (Å²) >= 11 is 1.27. The molecule has 1 aliphatic heterocycles. The molecule has 0 saturated heterocycles. The van der Waals surface area contributed by atoms with Gasteiger partial charge in [0.1, 0.15) is 5.69 Å². The first-order valence-corrected chi connectivity index (χ1v) is 6.98. The molecular formula is C13H12N4O2S. The van der Waals surface area contributed by atoms with E-state index in [2.05, 4.69) is 15.3 Å². The number of nitrogens with one attached hydrogen (secondary N) is 1. The molecule has 0 aromatic carbocycles. The first-order valence-electron chi connectivity index (χ1n) is 6.10. The number of rotatable bonds is 3. The van der Waals surface area contributed by atoms with Crippen molar-refractivity contribution in [2.75, 3.05) is 11.9 Å². The lowest BCUT2D eigenvalue weighted by atomic mass is 10.2. The minimum absolute atomic E-state index is 0.0632. The van der Waals surface area contributed by atoms with Gasteiger partial charge in [-0.2, -0.15) is 0 Å². The fraction of sp³-hybridized carbons (Fsp3) is 0.231. The number of pyridine rings is 1. The molecule has 2 aromatic heterocycles. The van der Waals surface area contributed by atoms with Crippen molar-refractivity contribution in [3.05, 3.63) is 40.7 Å². The molecule has 7 heteroatoms. The van der Waals surface area contributed by atoms with Gasteiger partial charge >= 0.3 is 0 Å².